The van der Waals surface area contributed by atoms with Crippen LogP contribution in [0.25, 0.3) is 0 Å². The molecule has 0 saturated heterocycles. The largest absolute Gasteiger partial charge is 0.463 e. The molecule has 180 valence electrons. The molecular weight excluding hydrogens is 392 g/mol. The Hall–Kier alpha value is -1.17. The number of ether oxygens (including phenoxy) is 2. The van der Waals surface area contributed by atoms with E-state index in [4.69, 9.17) is 14.6 Å². The van der Waals surface area contributed by atoms with Gasteiger partial charge in [0.15, 0.2) is 0 Å². The topological polar surface area (TPSA) is 76.0 Å². The molecule has 5 heteroatoms. The van der Waals surface area contributed by atoms with Crippen LogP contribution in [0.3, 0.4) is 0 Å². The molecule has 0 aromatic carbocycles. The Morgan fingerprint density at radius 2 is 1.81 bits per heavy atom. The molecule has 2 unspecified atom stereocenters. The van der Waals surface area contributed by atoms with E-state index >= 15 is 0 Å². The predicted octanol–water partition coefficient (Wildman–Crippen LogP) is 5.35. The first-order valence-electron chi connectivity index (χ1n) is 12.4. The highest BCUT2D eigenvalue weighted by Crippen LogP contribution is 2.38. The third kappa shape index (κ3) is 12.4. The summed E-state index contributed by atoms with van der Waals surface area (Å²) in [6.07, 6.45) is 18.4. The number of esters is 1. The maximum absolute atomic E-state index is 11.6. The van der Waals surface area contributed by atoms with Crippen LogP contribution >= 0.6 is 0 Å². The van der Waals surface area contributed by atoms with Crippen molar-refractivity contribution >= 4 is 5.97 Å². The van der Waals surface area contributed by atoms with Crippen LogP contribution in [0.1, 0.15) is 91.4 Å². The predicted molar refractivity (Wildman–Crippen MR) is 126 cm³/mol. The Labute approximate surface area is 189 Å². The average molecular weight is 439 g/mol. The molecule has 0 aromatic heterocycles. The fourth-order valence-corrected chi connectivity index (χ4v) is 4.17. The fourth-order valence-electron chi connectivity index (χ4n) is 4.17. The van der Waals surface area contributed by atoms with Gasteiger partial charge in [-0.25, -0.2) is 0 Å². The van der Waals surface area contributed by atoms with Crippen molar-refractivity contribution in [2.45, 2.75) is 110 Å². The number of carbonyl (C=O) groups is 1. The molecule has 0 aromatic rings. The maximum atomic E-state index is 11.6. The van der Waals surface area contributed by atoms with E-state index in [2.05, 4.69) is 31.2 Å². The van der Waals surface area contributed by atoms with Gasteiger partial charge in [-0.2, -0.15) is 0 Å². The minimum absolute atomic E-state index is 0.0553. The molecule has 1 aliphatic rings. The first-order chi connectivity index (χ1) is 15.0. The summed E-state index contributed by atoms with van der Waals surface area (Å²) >= 11 is 0. The van der Waals surface area contributed by atoms with Gasteiger partial charge in [0, 0.05) is 32.0 Å². The van der Waals surface area contributed by atoms with Crippen molar-refractivity contribution < 1.29 is 24.5 Å². The van der Waals surface area contributed by atoms with Crippen molar-refractivity contribution in [2.24, 2.45) is 11.8 Å². The standard InChI is InChI=1S/C26H46O5/c1-4-19-30-25-20-24(28)22(23(25)16-12-7-5-6-10-14-18-27)15-11-8-9-13-17-26(29)31-21(2)3/h8,11-12,16,21-25,27-28H,4-7,9-10,13-15,17-20H2,1-3H3/b11-8-,16-12+/t22?,23-,24?,25-/m1/s1. The van der Waals surface area contributed by atoms with Gasteiger partial charge in [-0.3, -0.25) is 4.79 Å². The zero-order valence-electron chi connectivity index (χ0n) is 20.0. The van der Waals surface area contributed by atoms with Crippen molar-refractivity contribution in [3.63, 3.8) is 0 Å². The van der Waals surface area contributed by atoms with Gasteiger partial charge in [0.2, 0.25) is 0 Å². The van der Waals surface area contributed by atoms with Gasteiger partial charge < -0.3 is 19.7 Å². The number of aliphatic hydroxyl groups is 2. The van der Waals surface area contributed by atoms with E-state index in [1.165, 1.54) is 0 Å². The molecule has 0 heterocycles. The molecule has 1 saturated carbocycles. The van der Waals surface area contributed by atoms with Crippen LogP contribution in [0.15, 0.2) is 24.3 Å². The number of aliphatic hydroxyl groups excluding tert-OH is 2. The highest BCUT2D eigenvalue weighted by atomic mass is 16.5. The van der Waals surface area contributed by atoms with Crippen LogP contribution in [0.2, 0.25) is 0 Å². The molecule has 0 bridgehead atoms. The number of allylic oxidation sites excluding steroid dienone is 3. The molecule has 1 rings (SSSR count). The Morgan fingerprint density at radius 3 is 2.52 bits per heavy atom. The third-order valence-electron chi connectivity index (χ3n) is 5.76. The van der Waals surface area contributed by atoms with E-state index in [0.717, 1.165) is 64.4 Å². The summed E-state index contributed by atoms with van der Waals surface area (Å²) in [6, 6.07) is 0. The summed E-state index contributed by atoms with van der Waals surface area (Å²) in [4.78, 5) is 11.6. The van der Waals surface area contributed by atoms with Crippen molar-refractivity contribution in [2.75, 3.05) is 13.2 Å². The normalized spacial score (nSPS) is 24.1. The van der Waals surface area contributed by atoms with E-state index in [-0.39, 0.29) is 42.7 Å². The smallest absolute Gasteiger partial charge is 0.306 e. The Kier molecular flexibility index (Phi) is 15.6. The number of unbranched alkanes of at least 4 members (excludes halogenated alkanes) is 5. The molecule has 1 aliphatic carbocycles. The molecule has 31 heavy (non-hydrogen) atoms. The minimum Gasteiger partial charge on any atom is -0.463 e. The van der Waals surface area contributed by atoms with Crippen molar-refractivity contribution in [1.82, 2.24) is 0 Å². The van der Waals surface area contributed by atoms with Crippen LogP contribution in [-0.4, -0.2) is 47.7 Å². The van der Waals surface area contributed by atoms with Gasteiger partial charge in [0.1, 0.15) is 0 Å². The van der Waals surface area contributed by atoms with Gasteiger partial charge in [-0.15, -0.1) is 0 Å². The lowest BCUT2D eigenvalue weighted by Crippen LogP contribution is -2.22. The number of hydrogen-bond donors (Lipinski definition) is 2. The monoisotopic (exact) mass is 438 g/mol. The fraction of sp³-hybridized carbons (Fsp3) is 0.808. The molecule has 5 nitrogen and oxygen atoms in total. The lowest BCUT2D eigenvalue weighted by Gasteiger charge is -2.22. The third-order valence-corrected chi connectivity index (χ3v) is 5.76. The zero-order valence-corrected chi connectivity index (χ0v) is 20.0. The van der Waals surface area contributed by atoms with Crippen molar-refractivity contribution in [3.05, 3.63) is 24.3 Å². The van der Waals surface area contributed by atoms with Gasteiger partial charge in [0.05, 0.1) is 18.3 Å². The minimum atomic E-state index is -0.341. The Bertz CT molecular complexity index is 514. The first-order valence-corrected chi connectivity index (χ1v) is 12.4. The lowest BCUT2D eigenvalue weighted by molar-refractivity contribution is -0.147. The van der Waals surface area contributed by atoms with Gasteiger partial charge in [0.25, 0.3) is 0 Å². The van der Waals surface area contributed by atoms with Gasteiger partial charge in [-0.05, 0) is 64.7 Å². The molecule has 0 radical (unpaired) electrons. The lowest BCUT2D eigenvalue weighted by atomic mass is 9.89. The Balaban J connectivity index is 2.48. The summed E-state index contributed by atoms with van der Waals surface area (Å²) in [7, 11) is 0. The Morgan fingerprint density at radius 1 is 1.06 bits per heavy atom. The van der Waals surface area contributed by atoms with E-state index in [1.54, 1.807) is 0 Å². The van der Waals surface area contributed by atoms with Crippen LogP contribution in [0.5, 0.6) is 0 Å². The van der Waals surface area contributed by atoms with Gasteiger partial charge >= 0.3 is 5.97 Å². The summed E-state index contributed by atoms with van der Waals surface area (Å²) < 4.78 is 11.2. The number of carbonyl (C=O) groups excluding carboxylic acids is 1. The zero-order chi connectivity index (χ0) is 22.9. The van der Waals surface area contributed by atoms with E-state index in [0.29, 0.717) is 12.8 Å². The van der Waals surface area contributed by atoms with Crippen molar-refractivity contribution in [3.8, 4) is 0 Å². The second-order valence-corrected chi connectivity index (χ2v) is 8.95. The summed E-state index contributed by atoms with van der Waals surface area (Å²) in [6.45, 7) is 6.86. The SMILES string of the molecule is CCCO[C@@H]1CC(O)C(C/C=C\CCCC(=O)OC(C)C)[C@H]1/C=C/CCCCCCO. The van der Waals surface area contributed by atoms with Crippen molar-refractivity contribution in [1.29, 1.82) is 0 Å². The second kappa shape index (κ2) is 17.4. The highest BCUT2D eigenvalue weighted by Gasteiger charge is 2.40. The average Bonchev–Trinajstić information content (AvgIpc) is 3.02. The van der Waals surface area contributed by atoms with E-state index in [1.807, 2.05) is 13.8 Å². The molecular formula is C26H46O5. The van der Waals surface area contributed by atoms with Crippen LogP contribution in [0, 0.1) is 11.8 Å². The van der Waals surface area contributed by atoms with Crippen LogP contribution in [0.4, 0.5) is 0 Å². The van der Waals surface area contributed by atoms with E-state index in [9.17, 15) is 9.90 Å². The van der Waals surface area contributed by atoms with Crippen LogP contribution < -0.4 is 0 Å². The maximum Gasteiger partial charge on any atom is 0.306 e. The van der Waals surface area contributed by atoms with Gasteiger partial charge in [-0.1, -0.05) is 44.1 Å². The van der Waals surface area contributed by atoms with E-state index < -0.39 is 0 Å². The summed E-state index contributed by atoms with van der Waals surface area (Å²) in [5.41, 5.74) is 0. The second-order valence-electron chi connectivity index (χ2n) is 8.95. The number of rotatable bonds is 17. The molecule has 0 spiro atoms. The number of hydrogen-bond acceptors (Lipinski definition) is 5. The summed E-state index contributed by atoms with van der Waals surface area (Å²) in [5.74, 6) is 0.284. The molecule has 1 fully saturated rings. The molecule has 2 N–H and O–H groups in total. The first kappa shape index (κ1) is 27.9. The molecule has 0 amide bonds. The van der Waals surface area contributed by atoms with Crippen LogP contribution in [-0.2, 0) is 14.3 Å². The molecule has 4 atom stereocenters. The molecule has 0 aliphatic heterocycles. The quantitative estimate of drug-likeness (QED) is 0.182. The highest BCUT2D eigenvalue weighted by molar-refractivity contribution is 5.69. The summed E-state index contributed by atoms with van der Waals surface area (Å²) in [5, 5.41) is 19.5.